The Morgan fingerprint density at radius 1 is 1.13 bits per heavy atom. The van der Waals surface area contributed by atoms with Crippen molar-refractivity contribution in [3.05, 3.63) is 71.5 Å². The van der Waals surface area contributed by atoms with Crippen molar-refractivity contribution in [3.63, 3.8) is 0 Å². The van der Waals surface area contributed by atoms with E-state index in [-0.39, 0.29) is 17.8 Å². The van der Waals surface area contributed by atoms with Crippen molar-refractivity contribution in [2.45, 2.75) is 18.9 Å². The second kappa shape index (κ2) is 7.38. The molecule has 0 aliphatic carbocycles. The summed E-state index contributed by atoms with van der Waals surface area (Å²) in [5.41, 5.74) is 1.67. The van der Waals surface area contributed by atoms with E-state index >= 15 is 0 Å². The van der Waals surface area contributed by atoms with Crippen molar-refractivity contribution >= 4 is 5.91 Å². The van der Waals surface area contributed by atoms with Gasteiger partial charge in [0.25, 0.3) is 0 Å². The van der Waals surface area contributed by atoms with Crippen molar-refractivity contribution in [1.82, 2.24) is 4.90 Å². The third-order valence-electron chi connectivity index (χ3n) is 4.14. The highest BCUT2D eigenvalue weighted by molar-refractivity contribution is 5.76. The summed E-state index contributed by atoms with van der Waals surface area (Å²) in [6.07, 6.45) is 0.806. The van der Waals surface area contributed by atoms with Crippen LogP contribution in [0.15, 0.2) is 54.6 Å². The van der Waals surface area contributed by atoms with Crippen LogP contribution in [-0.4, -0.2) is 30.5 Å². The molecule has 2 aromatic rings. The number of amides is 1. The first-order chi connectivity index (χ1) is 11.2. The highest BCUT2D eigenvalue weighted by Crippen LogP contribution is 2.25. The lowest BCUT2D eigenvalue weighted by Gasteiger charge is -2.33. The molecule has 0 radical (unpaired) electrons. The summed E-state index contributed by atoms with van der Waals surface area (Å²) < 4.78 is 19.5. The Bertz CT molecular complexity index is 659. The van der Waals surface area contributed by atoms with Gasteiger partial charge in [-0.05, 0) is 18.1 Å². The number of morpholine rings is 1. The summed E-state index contributed by atoms with van der Waals surface area (Å²) >= 11 is 0. The van der Waals surface area contributed by atoms with Crippen LogP contribution >= 0.6 is 0 Å². The summed E-state index contributed by atoms with van der Waals surface area (Å²) in [6.45, 7) is 1.42. The molecule has 1 fully saturated rings. The molecule has 4 heteroatoms. The molecule has 1 heterocycles. The van der Waals surface area contributed by atoms with Crippen LogP contribution in [0.4, 0.5) is 4.39 Å². The minimum atomic E-state index is -0.384. The van der Waals surface area contributed by atoms with Crippen LogP contribution in [0.2, 0.25) is 0 Å². The van der Waals surface area contributed by atoms with Gasteiger partial charge in [0, 0.05) is 18.5 Å². The van der Waals surface area contributed by atoms with Gasteiger partial charge in [-0.2, -0.15) is 0 Å². The molecule has 3 nitrogen and oxygen atoms in total. The Morgan fingerprint density at radius 3 is 2.65 bits per heavy atom. The average molecular weight is 313 g/mol. The Hall–Kier alpha value is -2.20. The molecule has 2 aromatic carbocycles. The summed E-state index contributed by atoms with van der Waals surface area (Å²) in [7, 11) is 0. The van der Waals surface area contributed by atoms with E-state index in [9.17, 15) is 9.18 Å². The zero-order chi connectivity index (χ0) is 16.1. The number of aryl methyl sites for hydroxylation is 1. The Balaban J connectivity index is 1.60. The number of nitrogens with zero attached hydrogens (tertiary/aromatic N) is 1. The molecule has 1 amide bonds. The van der Waals surface area contributed by atoms with Gasteiger partial charge in [0.1, 0.15) is 11.9 Å². The number of carbonyl (C=O) groups is 1. The standard InChI is InChI=1S/C19H20FNO2/c20-17-9-5-4-8-16(17)18-14-21(12-13-23-18)19(22)11-10-15-6-2-1-3-7-15/h1-9,18H,10-14H2. The number of hydrogen-bond acceptors (Lipinski definition) is 2. The molecule has 0 saturated carbocycles. The van der Waals surface area contributed by atoms with E-state index in [1.54, 1.807) is 23.1 Å². The van der Waals surface area contributed by atoms with Crippen LogP contribution in [0.25, 0.3) is 0 Å². The molecular weight excluding hydrogens is 293 g/mol. The van der Waals surface area contributed by atoms with Gasteiger partial charge in [-0.15, -0.1) is 0 Å². The molecule has 23 heavy (non-hydrogen) atoms. The number of rotatable bonds is 4. The fraction of sp³-hybridized carbons (Fsp3) is 0.316. The zero-order valence-electron chi connectivity index (χ0n) is 13.0. The lowest BCUT2D eigenvalue weighted by atomic mass is 10.1. The first-order valence-corrected chi connectivity index (χ1v) is 7.92. The van der Waals surface area contributed by atoms with Crippen molar-refractivity contribution in [1.29, 1.82) is 0 Å². The summed E-state index contributed by atoms with van der Waals surface area (Å²) in [5, 5.41) is 0. The molecule has 1 saturated heterocycles. The molecule has 120 valence electrons. The average Bonchev–Trinajstić information content (AvgIpc) is 2.61. The normalized spacial score (nSPS) is 18.0. The number of carbonyl (C=O) groups excluding carboxylic acids is 1. The van der Waals surface area contributed by atoms with E-state index in [0.717, 1.165) is 12.0 Å². The zero-order valence-corrected chi connectivity index (χ0v) is 13.0. The summed E-state index contributed by atoms with van der Waals surface area (Å²) in [5.74, 6) is -0.186. The Labute approximate surface area is 135 Å². The van der Waals surface area contributed by atoms with E-state index in [2.05, 4.69) is 0 Å². The van der Waals surface area contributed by atoms with Crippen LogP contribution in [0.3, 0.4) is 0 Å². The van der Waals surface area contributed by atoms with Crippen LogP contribution < -0.4 is 0 Å². The molecule has 0 bridgehead atoms. The van der Waals surface area contributed by atoms with Crippen molar-refractivity contribution in [2.75, 3.05) is 19.7 Å². The van der Waals surface area contributed by atoms with Gasteiger partial charge in [-0.3, -0.25) is 4.79 Å². The number of hydrogen-bond donors (Lipinski definition) is 0. The molecule has 1 unspecified atom stereocenters. The van der Waals surface area contributed by atoms with Gasteiger partial charge >= 0.3 is 0 Å². The van der Waals surface area contributed by atoms with E-state index in [1.807, 2.05) is 30.3 Å². The molecule has 1 atom stereocenters. The van der Waals surface area contributed by atoms with Crippen molar-refractivity contribution in [2.24, 2.45) is 0 Å². The summed E-state index contributed by atoms with van der Waals surface area (Å²) in [4.78, 5) is 14.2. The second-order valence-electron chi connectivity index (χ2n) is 5.71. The number of ether oxygens (including phenoxy) is 1. The number of halogens is 1. The fourth-order valence-corrected chi connectivity index (χ4v) is 2.85. The minimum Gasteiger partial charge on any atom is -0.370 e. The van der Waals surface area contributed by atoms with Gasteiger partial charge in [-0.25, -0.2) is 4.39 Å². The van der Waals surface area contributed by atoms with Crippen molar-refractivity contribution < 1.29 is 13.9 Å². The monoisotopic (exact) mass is 313 g/mol. The maximum Gasteiger partial charge on any atom is 0.223 e. The molecule has 3 rings (SSSR count). The third-order valence-corrected chi connectivity index (χ3v) is 4.14. The van der Waals surface area contributed by atoms with E-state index in [1.165, 1.54) is 6.07 Å². The third kappa shape index (κ3) is 3.96. The highest BCUT2D eigenvalue weighted by Gasteiger charge is 2.26. The minimum absolute atomic E-state index is 0.0958. The van der Waals surface area contributed by atoms with Crippen LogP contribution in [0.1, 0.15) is 23.7 Å². The molecule has 1 aliphatic rings. The second-order valence-corrected chi connectivity index (χ2v) is 5.71. The first kappa shape index (κ1) is 15.7. The van der Waals surface area contributed by atoms with Crippen LogP contribution in [-0.2, 0) is 16.0 Å². The largest absolute Gasteiger partial charge is 0.370 e. The number of benzene rings is 2. The van der Waals surface area contributed by atoms with Crippen LogP contribution in [0, 0.1) is 5.82 Å². The topological polar surface area (TPSA) is 29.5 Å². The Morgan fingerprint density at radius 2 is 1.87 bits per heavy atom. The van der Waals surface area contributed by atoms with Gasteiger partial charge in [0.15, 0.2) is 0 Å². The lowest BCUT2D eigenvalue weighted by Crippen LogP contribution is -2.42. The SMILES string of the molecule is O=C(CCc1ccccc1)N1CCOC(c2ccccc2F)C1. The van der Waals surface area contributed by atoms with Gasteiger partial charge in [-0.1, -0.05) is 48.5 Å². The van der Waals surface area contributed by atoms with Crippen molar-refractivity contribution in [3.8, 4) is 0 Å². The lowest BCUT2D eigenvalue weighted by molar-refractivity contribution is -0.139. The van der Waals surface area contributed by atoms with E-state index < -0.39 is 0 Å². The molecular formula is C19H20FNO2. The fourth-order valence-electron chi connectivity index (χ4n) is 2.85. The molecule has 1 aliphatic heterocycles. The summed E-state index contributed by atoms with van der Waals surface area (Å²) in [6, 6.07) is 16.6. The van der Waals surface area contributed by atoms with Gasteiger partial charge < -0.3 is 9.64 Å². The van der Waals surface area contributed by atoms with Gasteiger partial charge in [0.05, 0.1) is 13.2 Å². The van der Waals surface area contributed by atoms with E-state index in [0.29, 0.717) is 31.7 Å². The highest BCUT2D eigenvalue weighted by atomic mass is 19.1. The predicted octanol–water partition coefficient (Wildman–Crippen LogP) is 3.36. The maximum absolute atomic E-state index is 13.9. The smallest absolute Gasteiger partial charge is 0.223 e. The first-order valence-electron chi connectivity index (χ1n) is 7.92. The Kier molecular flexibility index (Phi) is 5.03. The molecule has 0 N–H and O–H groups in total. The quantitative estimate of drug-likeness (QED) is 0.866. The maximum atomic E-state index is 13.9. The van der Waals surface area contributed by atoms with Crippen LogP contribution in [0.5, 0.6) is 0 Å². The predicted molar refractivity (Wildman–Crippen MR) is 86.4 cm³/mol. The molecule has 0 spiro atoms. The van der Waals surface area contributed by atoms with Gasteiger partial charge in [0.2, 0.25) is 5.91 Å². The molecule has 0 aromatic heterocycles. The van der Waals surface area contributed by atoms with E-state index in [4.69, 9.17) is 4.74 Å².